The Balaban J connectivity index is 1.19. The first-order chi connectivity index (χ1) is 27.6. The fraction of sp³-hybridized carbons (Fsp3) is 0.237. The zero-order valence-electron chi connectivity index (χ0n) is 31.7. The van der Waals surface area contributed by atoms with E-state index in [2.05, 4.69) is 36.0 Å². The molecule has 6 heterocycles. The molecule has 0 saturated carbocycles. The van der Waals surface area contributed by atoms with Crippen LogP contribution in [0.1, 0.15) is 56.6 Å². The van der Waals surface area contributed by atoms with Gasteiger partial charge in [-0.1, -0.05) is 12.2 Å². The number of imidazole rings is 2. The van der Waals surface area contributed by atoms with Crippen LogP contribution in [0.2, 0.25) is 0 Å². The summed E-state index contributed by atoms with van der Waals surface area (Å²) in [6, 6.07) is 10.3. The minimum atomic E-state index is -0.640. The molecule has 57 heavy (non-hydrogen) atoms. The van der Waals surface area contributed by atoms with Crippen LogP contribution in [0.5, 0.6) is 5.75 Å². The van der Waals surface area contributed by atoms with Gasteiger partial charge in [0.2, 0.25) is 17.8 Å². The van der Waals surface area contributed by atoms with E-state index in [1.165, 1.54) is 12.6 Å². The lowest BCUT2D eigenvalue weighted by molar-refractivity contribution is 0.0996. The van der Waals surface area contributed by atoms with E-state index in [9.17, 15) is 14.4 Å². The SMILES string of the molecule is CCn1nc(C)cc1C(=O)Nc1nc2cc(-c3ncn[nH]3)cc(OC)c2n1C/C=C/Cn1c(NC(=O)c2cc(C)nn2CC)nc2cc(C(N)=O)c3ccoc3c21. The summed E-state index contributed by atoms with van der Waals surface area (Å²) in [5.41, 5.74) is 11.3. The van der Waals surface area contributed by atoms with E-state index in [0.29, 0.717) is 86.0 Å². The fourth-order valence-electron chi connectivity index (χ4n) is 6.98. The quantitative estimate of drug-likeness (QED) is 0.116. The number of aromatic amines is 1. The fourth-order valence-corrected chi connectivity index (χ4v) is 6.98. The number of nitrogens with two attached hydrogens (primary N) is 1. The van der Waals surface area contributed by atoms with Crippen LogP contribution in [0, 0.1) is 13.8 Å². The van der Waals surface area contributed by atoms with E-state index in [1.54, 1.807) is 45.3 Å². The Hall–Kier alpha value is -7.57. The number of H-pyrrole nitrogens is 1. The molecule has 0 aliphatic carbocycles. The molecule has 0 aliphatic heterocycles. The van der Waals surface area contributed by atoms with Gasteiger partial charge in [0.05, 0.1) is 41.4 Å². The van der Waals surface area contributed by atoms with Crippen molar-refractivity contribution in [2.24, 2.45) is 5.73 Å². The molecule has 0 spiro atoms. The summed E-state index contributed by atoms with van der Waals surface area (Å²) in [5, 5.41) is 22.1. The highest BCUT2D eigenvalue weighted by Crippen LogP contribution is 2.35. The number of amides is 3. The second kappa shape index (κ2) is 14.6. The van der Waals surface area contributed by atoms with E-state index < -0.39 is 11.8 Å². The summed E-state index contributed by atoms with van der Waals surface area (Å²) in [6.07, 6.45) is 6.66. The van der Waals surface area contributed by atoms with Gasteiger partial charge in [-0.2, -0.15) is 15.3 Å². The Kier molecular flexibility index (Phi) is 9.32. The molecule has 0 saturated heterocycles. The molecule has 8 aromatic rings. The van der Waals surface area contributed by atoms with Crippen LogP contribution < -0.4 is 21.1 Å². The second-order valence-electron chi connectivity index (χ2n) is 13.1. The maximum Gasteiger partial charge on any atom is 0.276 e. The first-order valence-electron chi connectivity index (χ1n) is 18.1. The number of allylic oxidation sites excluding steroid dienone is 2. The van der Waals surface area contributed by atoms with Crippen molar-refractivity contribution in [1.29, 1.82) is 0 Å². The van der Waals surface area contributed by atoms with Gasteiger partial charge in [0.1, 0.15) is 34.5 Å². The molecule has 19 nitrogen and oxygen atoms in total. The van der Waals surface area contributed by atoms with Gasteiger partial charge in [0.25, 0.3) is 11.8 Å². The number of methoxy groups -OCH3 is 1. The van der Waals surface area contributed by atoms with Gasteiger partial charge in [-0.25, -0.2) is 15.0 Å². The standard InChI is InChI=1S/C38H38N14O5/c1-6-51-27(14-20(3)47-51)35(54)44-37-42-25-16-22(34-40-19-41-46-34)17-29(56-5)30(25)49(37)11-8-9-12-50-31-26(18-24(33(39)53)23-10-13-57-32(23)31)43-38(50)45-36(55)28-15-21(4)48-52(28)7-2/h8-10,13-19H,6-7,11-12H2,1-5H3,(H2,39,53)(H,40,41,46)(H,42,44,54)(H,43,45,55)/b9-8+. The number of fused-ring (bicyclic) bond motifs is 4. The lowest BCUT2D eigenvalue weighted by atomic mass is 10.1. The van der Waals surface area contributed by atoms with Gasteiger partial charge < -0.3 is 24.0 Å². The maximum atomic E-state index is 13.7. The van der Waals surface area contributed by atoms with Crippen LogP contribution in [-0.4, -0.2) is 78.7 Å². The number of ether oxygens (including phenoxy) is 1. The van der Waals surface area contributed by atoms with Crippen LogP contribution in [0.4, 0.5) is 11.9 Å². The molecule has 0 unspecified atom stereocenters. The second-order valence-corrected chi connectivity index (χ2v) is 13.1. The molecule has 19 heteroatoms. The number of hydrogen-bond donors (Lipinski definition) is 4. The number of nitrogens with one attached hydrogen (secondary N) is 3. The highest BCUT2D eigenvalue weighted by Gasteiger charge is 2.24. The van der Waals surface area contributed by atoms with Crippen molar-refractivity contribution in [3.05, 3.63) is 89.5 Å². The number of aromatic nitrogens is 11. The minimum Gasteiger partial charge on any atom is -0.494 e. The Morgan fingerprint density at radius 1 is 0.860 bits per heavy atom. The summed E-state index contributed by atoms with van der Waals surface area (Å²) < 4.78 is 18.6. The normalized spacial score (nSPS) is 11.7. The molecule has 0 aliphatic rings. The van der Waals surface area contributed by atoms with Crippen molar-refractivity contribution in [3.8, 4) is 17.1 Å². The minimum absolute atomic E-state index is 0.208. The molecule has 2 aromatic carbocycles. The molecule has 3 amide bonds. The van der Waals surface area contributed by atoms with Crippen LogP contribution >= 0.6 is 0 Å². The van der Waals surface area contributed by atoms with Gasteiger partial charge in [0.15, 0.2) is 11.4 Å². The number of hydrogen-bond acceptors (Lipinski definition) is 11. The zero-order valence-corrected chi connectivity index (χ0v) is 31.7. The summed E-state index contributed by atoms with van der Waals surface area (Å²) >= 11 is 0. The lowest BCUT2D eigenvalue weighted by Gasteiger charge is -2.12. The summed E-state index contributed by atoms with van der Waals surface area (Å²) in [5.74, 6) is 0.0721. The van der Waals surface area contributed by atoms with E-state index in [1.807, 2.05) is 56.5 Å². The number of rotatable bonds is 13. The van der Waals surface area contributed by atoms with Crippen molar-refractivity contribution >= 4 is 62.7 Å². The van der Waals surface area contributed by atoms with Gasteiger partial charge in [-0.15, -0.1) is 0 Å². The number of nitrogens with zero attached hydrogens (tertiary/aromatic N) is 10. The number of carbonyl (C=O) groups excluding carboxylic acids is 3. The van der Waals surface area contributed by atoms with E-state index in [0.717, 1.165) is 0 Å². The Morgan fingerprint density at radius 3 is 2.00 bits per heavy atom. The van der Waals surface area contributed by atoms with Crippen LogP contribution in [-0.2, 0) is 26.2 Å². The first-order valence-corrected chi connectivity index (χ1v) is 18.1. The molecule has 0 bridgehead atoms. The van der Waals surface area contributed by atoms with Crippen molar-refractivity contribution in [2.45, 2.75) is 53.9 Å². The Labute approximate surface area is 323 Å². The average molecular weight is 771 g/mol. The average Bonchev–Trinajstić information content (AvgIpc) is 4.05. The van der Waals surface area contributed by atoms with Crippen LogP contribution in [0.25, 0.3) is 44.4 Å². The third-order valence-electron chi connectivity index (χ3n) is 9.49. The number of aryl methyl sites for hydroxylation is 4. The highest BCUT2D eigenvalue weighted by molar-refractivity contribution is 6.14. The number of carbonyl (C=O) groups is 3. The third kappa shape index (κ3) is 6.53. The van der Waals surface area contributed by atoms with Gasteiger partial charge in [-0.05, 0) is 64.1 Å². The smallest absolute Gasteiger partial charge is 0.276 e. The Bertz CT molecular complexity index is 2870. The van der Waals surface area contributed by atoms with E-state index in [4.69, 9.17) is 24.9 Å². The molecule has 290 valence electrons. The highest BCUT2D eigenvalue weighted by atomic mass is 16.5. The van der Waals surface area contributed by atoms with Crippen LogP contribution in [0.15, 0.2) is 65.6 Å². The van der Waals surface area contributed by atoms with E-state index >= 15 is 0 Å². The third-order valence-corrected chi connectivity index (χ3v) is 9.49. The summed E-state index contributed by atoms with van der Waals surface area (Å²) in [6.45, 7) is 8.89. The monoisotopic (exact) mass is 770 g/mol. The van der Waals surface area contributed by atoms with Crippen molar-refractivity contribution in [2.75, 3.05) is 17.7 Å². The van der Waals surface area contributed by atoms with E-state index in [-0.39, 0.29) is 36.5 Å². The maximum absolute atomic E-state index is 13.7. The number of furan rings is 1. The number of anilines is 2. The summed E-state index contributed by atoms with van der Waals surface area (Å²) in [4.78, 5) is 53.6. The predicted octanol–water partition coefficient (Wildman–Crippen LogP) is 4.84. The topological polar surface area (TPSA) is 237 Å². The van der Waals surface area contributed by atoms with Crippen molar-refractivity contribution in [1.82, 2.24) is 53.8 Å². The summed E-state index contributed by atoms with van der Waals surface area (Å²) in [7, 11) is 1.56. The molecular weight excluding hydrogens is 733 g/mol. The predicted molar refractivity (Wildman–Crippen MR) is 210 cm³/mol. The first kappa shape index (κ1) is 36.4. The molecule has 8 rings (SSSR count). The largest absolute Gasteiger partial charge is 0.494 e. The molecule has 0 radical (unpaired) electrons. The number of primary amides is 1. The van der Waals surface area contributed by atoms with Gasteiger partial charge in [-0.3, -0.25) is 39.5 Å². The lowest BCUT2D eigenvalue weighted by Crippen LogP contribution is -2.20. The molecule has 0 atom stereocenters. The molecule has 5 N–H and O–H groups in total. The molecule has 6 aromatic heterocycles. The molecule has 0 fully saturated rings. The molecular formula is C38H38N14O5. The van der Waals surface area contributed by atoms with Crippen molar-refractivity contribution in [3.63, 3.8) is 0 Å². The Morgan fingerprint density at radius 2 is 1.46 bits per heavy atom. The van der Waals surface area contributed by atoms with Crippen LogP contribution in [0.3, 0.4) is 0 Å². The van der Waals surface area contributed by atoms with Gasteiger partial charge >= 0.3 is 0 Å². The zero-order chi connectivity index (χ0) is 40.0. The van der Waals surface area contributed by atoms with Crippen molar-refractivity contribution < 1.29 is 23.5 Å². The van der Waals surface area contributed by atoms with Gasteiger partial charge in [0, 0.05) is 37.1 Å². The number of benzene rings is 2.